The van der Waals surface area contributed by atoms with Crippen LogP contribution in [-0.4, -0.2) is 43.6 Å². The molecule has 0 unspecified atom stereocenters. The van der Waals surface area contributed by atoms with Crippen LogP contribution in [0.4, 0.5) is 0 Å². The van der Waals surface area contributed by atoms with Crippen molar-refractivity contribution in [3.8, 4) is 0 Å². The third-order valence-electron chi connectivity index (χ3n) is 4.18. The van der Waals surface area contributed by atoms with Gasteiger partial charge in [-0.15, -0.1) is 11.3 Å². The van der Waals surface area contributed by atoms with Gasteiger partial charge in [-0.05, 0) is 36.3 Å². The number of hydrogen-bond acceptors (Lipinski definition) is 3. The molecule has 21 heavy (non-hydrogen) atoms. The van der Waals surface area contributed by atoms with Crippen LogP contribution in [0.1, 0.15) is 23.3 Å². The van der Waals surface area contributed by atoms with Gasteiger partial charge in [0.2, 0.25) is 0 Å². The van der Waals surface area contributed by atoms with Crippen LogP contribution in [-0.2, 0) is 13.0 Å². The molecule has 0 fully saturated rings. The van der Waals surface area contributed by atoms with Gasteiger partial charge in [0.25, 0.3) is 0 Å². The van der Waals surface area contributed by atoms with E-state index < -0.39 is 0 Å². The van der Waals surface area contributed by atoms with Gasteiger partial charge >= 0.3 is 0 Å². The van der Waals surface area contributed by atoms with Crippen LogP contribution in [0.5, 0.6) is 0 Å². The highest BCUT2D eigenvalue weighted by atomic mass is 32.1. The first-order valence-corrected chi connectivity index (χ1v) is 8.63. The van der Waals surface area contributed by atoms with Crippen LogP contribution in [0.3, 0.4) is 0 Å². The Morgan fingerprint density at radius 3 is 3.10 bits per heavy atom. The zero-order chi connectivity index (χ0) is 14.5. The highest BCUT2D eigenvalue weighted by Crippen LogP contribution is 2.23. The normalized spacial score (nSPS) is 19.8. The fourth-order valence-corrected chi connectivity index (χ4v) is 3.84. The highest BCUT2D eigenvalue weighted by molar-refractivity contribution is 7.10. The van der Waals surface area contributed by atoms with Gasteiger partial charge in [0.1, 0.15) is 0 Å². The number of thiophene rings is 1. The van der Waals surface area contributed by atoms with E-state index in [2.05, 4.69) is 44.1 Å². The fraction of sp³-hybridized carbons (Fsp3) is 0.562. The number of guanidine groups is 1. The number of fused-ring (bicyclic) bond motifs is 1. The number of nitrogens with one attached hydrogen (secondary N) is 2. The lowest BCUT2D eigenvalue weighted by atomic mass is 10.1. The first-order chi connectivity index (χ1) is 10.3. The van der Waals surface area contributed by atoms with Gasteiger partial charge < -0.3 is 10.6 Å². The predicted molar refractivity (Wildman–Crippen MR) is 90.0 cm³/mol. The molecule has 0 saturated heterocycles. The smallest absolute Gasteiger partial charge is 0.191 e. The summed E-state index contributed by atoms with van der Waals surface area (Å²) in [7, 11) is 1.84. The molecule has 1 aromatic heterocycles. The average molecular weight is 304 g/mol. The first-order valence-electron chi connectivity index (χ1n) is 7.75. The lowest BCUT2D eigenvalue weighted by molar-refractivity contribution is 0.260. The summed E-state index contributed by atoms with van der Waals surface area (Å²) in [4.78, 5) is 8.41. The van der Waals surface area contributed by atoms with Crippen molar-refractivity contribution < 1.29 is 0 Å². The summed E-state index contributed by atoms with van der Waals surface area (Å²) in [6.45, 7) is 4.28. The third-order valence-corrected chi connectivity index (χ3v) is 5.20. The summed E-state index contributed by atoms with van der Waals surface area (Å²) in [5.41, 5.74) is 1.52. The molecule has 1 aliphatic carbocycles. The monoisotopic (exact) mass is 304 g/mol. The Labute approximate surface area is 131 Å². The van der Waals surface area contributed by atoms with Gasteiger partial charge in [-0.25, -0.2) is 0 Å². The summed E-state index contributed by atoms with van der Waals surface area (Å²) in [6, 6.07) is 2.78. The molecule has 1 aliphatic heterocycles. The van der Waals surface area contributed by atoms with Crippen LogP contribution < -0.4 is 10.6 Å². The Balaban J connectivity index is 1.39. The van der Waals surface area contributed by atoms with Crippen LogP contribution in [0.2, 0.25) is 0 Å². The zero-order valence-corrected chi connectivity index (χ0v) is 13.5. The number of nitrogens with zero attached hydrogens (tertiary/aromatic N) is 2. The van der Waals surface area contributed by atoms with Crippen molar-refractivity contribution in [3.05, 3.63) is 34.0 Å². The summed E-state index contributed by atoms with van der Waals surface area (Å²) in [6.07, 6.45) is 7.88. The Morgan fingerprint density at radius 2 is 2.29 bits per heavy atom. The molecule has 2 heterocycles. The summed E-state index contributed by atoms with van der Waals surface area (Å²) < 4.78 is 0. The maximum atomic E-state index is 4.31. The van der Waals surface area contributed by atoms with Crippen molar-refractivity contribution in [2.24, 2.45) is 4.99 Å². The average Bonchev–Trinajstić information content (AvgIpc) is 3.16. The standard InChI is InChI=1S/C16H24N4S/c1-17-16(19-14-4-2-3-5-14)18-8-10-20-9-6-15-13(12-20)7-11-21-15/h2-3,7,11,14H,4-6,8-10,12H2,1H3,(H2,17,18,19). The number of aliphatic imine (C=N–C) groups is 1. The van der Waals surface area contributed by atoms with Gasteiger partial charge in [-0.2, -0.15) is 0 Å². The van der Waals surface area contributed by atoms with E-state index in [1.54, 1.807) is 4.88 Å². The Morgan fingerprint density at radius 1 is 1.43 bits per heavy atom. The molecule has 0 amide bonds. The minimum Gasteiger partial charge on any atom is -0.355 e. The van der Waals surface area contributed by atoms with E-state index in [4.69, 9.17) is 0 Å². The maximum Gasteiger partial charge on any atom is 0.191 e. The van der Waals surface area contributed by atoms with E-state index in [0.29, 0.717) is 6.04 Å². The topological polar surface area (TPSA) is 39.7 Å². The largest absolute Gasteiger partial charge is 0.355 e. The van der Waals surface area contributed by atoms with Crippen LogP contribution in [0.15, 0.2) is 28.6 Å². The fourth-order valence-electron chi connectivity index (χ4n) is 2.95. The van der Waals surface area contributed by atoms with E-state index in [-0.39, 0.29) is 0 Å². The molecule has 114 valence electrons. The molecule has 2 N–H and O–H groups in total. The summed E-state index contributed by atoms with van der Waals surface area (Å²) >= 11 is 1.90. The third kappa shape index (κ3) is 3.86. The predicted octanol–water partition coefficient (Wildman–Crippen LogP) is 1.99. The van der Waals surface area contributed by atoms with Crippen LogP contribution in [0, 0.1) is 0 Å². The highest BCUT2D eigenvalue weighted by Gasteiger charge is 2.17. The Bertz CT molecular complexity index is 512. The molecule has 2 aliphatic rings. The molecule has 0 saturated carbocycles. The van der Waals surface area contributed by atoms with Gasteiger partial charge in [0, 0.05) is 44.1 Å². The molecule has 5 heteroatoms. The van der Waals surface area contributed by atoms with E-state index in [9.17, 15) is 0 Å². The van der Waals surface area contributed by atoms with Crippen LogP contribution >= 0.6 is 11.3 Å². The molecule has 3 rings (SSSR count). The van der Waals surface area contributed by atoms with Gasteiger partial charge in [0.15, 0.2) is 5.96 Å². The lowest BCUT2D eigenvalue weighted by Gasteiger charge is -2.27. The SMILES string of the molecule is CN=C(NCCN1CCc2sccc2C1)NC1CC=CC1. The molecular weight excluding hydrogens is 280 g/mol. The minimum atomic E-state index is 0.513. The maximum absolute atomic E-state index is 4.31. The second-order valence-electron chi connectivity index (χ2n) is 5.68. The Kier molecular flexibility index (Phi) is 4.93. The van der Waals surface area contributed by atoms with E-state index in [0.717, 1.165) is 38.4 Å². The molecule has 0 bridgehead atoms. The van der Waals surface area contributed by atoms with Crippen molar-refractivity contribution in [2.75, 3.05) is 26.7 Å². The van der Waals surface area contributed by atoms with E-state index in [1.165, 1.54) is 18.5 Å². The van der Waals surface area contributed by atoms with E-state index >= 15 is 0 Å². The molecule has 4 nitrogen and oxygen atoms in total. The van der Waals surface area contributed by atoms with Crippen molar-refractivity contribution in [2.45, 2.75) is 31.8 Å². The zero-order valence-electron chi connectivity index (χ0n) is 12.6. The molecule has 1 aromatic rings. The number of rotatable bonds is 4. The van der Waals surface area contributed by atoms with Crippen LogP contribution in [0.25, 0.3) is 0 Å². The van der Waals surface area contributed by atoms with Gasteiger partial charge in [-0.3, -0.25) is 9.89 Å². The number of hydrogen-bond donors (Lipinski definition) is 2. The molecule has 0 aromatic carbocycles. The van der Waals surface area contributed by atoms with Crippen molar-refractivity contribution >= 4 is 17.3 Å². The van der Waals surface area contributed by atoms with Gasteiger partial charge in [-0.1, -0.05) is 12.2 Å². The molecule has 0 spiro atoms. The quantitative estimate of drug-likeness (QED) is 0.508. The van der Waals surface area contributed by atoms with Crippen molar-refractivity contribution in [3.63, 3.8) is 0 Å². The summed E-state index contributed by atoms with van der Waals surface area (Å²) in [5.74, 6) is 0.928. The second kappa shape index (κ2) is 7.09. The minimum absolute atomic E-state index is 0.513. The van der Waals surface area contributed by atoms with Gasteiger partial charge in [0.05, 0.1) is 0 Å². The summed E-state index contributed by atoms with van der Waals surface area (Å²) in [5, 5.41) is 9.12. The van der Waals surface area contributed by atoms with Crippen molar-refractivity contribution in [1.82, 2.24) is 15.5 Å². The second-order valence-corrected chi connectivity index (χ2v) is 6.68. The van der Waals surface area contributed by atoms with Crippen molar-refractivity contribution in [1.29, 1.82) is 0 Å². The molecule has 0 radical (unpaired) electrons. The van der Waals surface area contributed by atoms with E-state index in [1.807, 2.05) is 18.4 Å². The Hall–Kier alpha value is -1.33. The molecule has 0 atom stereocenters. The lowest BCUT2D eigenvalue weighted by Crippen LogP contribution is -2.45. The first kappa shape index (κ1) is 14.6. The molecular formula is C16H24N4S.